The van der Waals surface area contributed by atoms with Gasteiger partial charge in [0.25, 0.3) is 0 Å². The number of nitrogens with one attached hydrogen (secondary N) is 1. The number of hydrogen-bond acceptors (Lipinski definition) is 4. The summed E-state index contributed by atoms with van der Waals surface area (Å²) in [5.74, 6) is -0.569. The van der Waals surface area contributed by atoms with E-state index in [2.05, 4.69) is 5.32 Å². The molecule has 0 saturated carbocycles. The molecule has 1 spiro atoms. The van der Waals surface area contributed by atoms with Crippen LogP contribution in [0, 0.1) is 5.41 Å². The second-order valence-corrected chi connectivity index (χ2v) is 5.43. The predicted molar refractivity (Wildman–Crippen MR) is 64.8 cm³/mol. The van der Waals surface area contributed by atoms with E-state index in [4.69, 9.17) is 4.74 Å². The van der Waals surface area contributed by atoms with Crippen molar-refractivity contribution in [2.24, 2.45) is 5.41 Å². The Morgan fingerprint density at radius 2 is 2.21 bits per heavy atom. The van der Waals surface area contributed by atoms with E-state index < -0.39 is 11.6 Å². The number of halogens is 1. The second-order valence-electron chi connectivity index (χ2n) is 5.43. The molecule has 3 rings (SSSR count). The molecule has 19 heavy (non-hydrogen) atoms. The van der Waals surface area contributed by atoms with Crippen LogP contribution in [-0.2, 0) is 14.3 Å². The van der Waals surface area contributed by atoms with Gasteiger partial charge in [0.1, 0.15) is 12.8 Å². The number of hydrogen-bond donors (Lipinski definition) is 1. The number of alkyl halides is 1. The molecule has 0 aromatic heterocycles. The van der Waals surface area contributed by atoms with E-state index in [1.54, 1.807) is 11.8 Å². The zero-order valence-corrected chi connectivity index (χ0v) is 10.9. The van der Waals surface area contributed by atoms with E-state index in [1.807, 2.05) is 0 Å². The van der Waals surface area contributed by atoms with E-state index in [0.717, 1.165) is 0 Å². The number of piperidine rings is 1. The number of carbonyl (C=O) groups is 2. The van der Waals surface area contributed by atoms with Gasteiger partial charge in [0.2, 0.25) is 5.91 Å². The van der Waals surface area contributed by atoms with Crippen LogP contribution in [-0.4, -0.2) is 49.2 Å². The van der Waals surface area contributed by atoms with E-state index in [0.29, 0.717) is 37.2 Å². The van der Waals surface area contributed by atoms with Crippen LogP contribution in [0.4, 0.5) is 4.39 Å². The van der Waals surface area contributed by atoms with Gasteiger partial charge in [0.15, 0.2) is 0 Å². The molecule has 1 amide bonds. The highest BCUT2D eigenvalue weighted by molar-refractivity contribution is 5.94. The Morgan fingerprint density at radius 1 is 1.42 bits per heavy atom. The first-order chi connectivity index (χ1) is 9.06. The van der Waals surface area contributed by atoms with Crippen LogP contribution in [0.3, 0.4) is 0 Å². The Labute approximate surface area is 110 Å². The number of cyclic esters (lactones) is 1. The number of rotatable bonds is 1. The highest BCUT2D eigenvalue weighted by Crippen LogP contribution is 2.43. The van der Waals surface area contributed by atoms with Gasteiger partial charge in [-0.2, -0.15) is 0 Å². The molecule has 0 aliphatic carbocycles. The fourth-order valence-electron chi connectivity index (χ4n) is 3.21. The quantitative estimate of drug-likeness (QED) is 0.698. The molecule has 6 heteroatoms. The maximum absolute atomic E-state index is 14.2. The summed E-state index contributed by atoms with van der Waals surface area (Å²) < 4.78 is 19.1. The summed E-state index contributed by atoms with van der Waals surface area (Å²) in [4.78, 5) is 25.5. The lowest BCUT2D eigenvalue weighted by Crippen LogP contribution is -2.51. The fraction of sp³-hybridized carbons (Fsp3) is 0.692. The van der Waals surface area contributed by atoms with E-state index >= 15 is 0 Å². The Morgan fingerprint density at radius 3 is 2.84 bits per heavy atom. The average molecular weight is 268 g/mol. The summed E-state index contributed by atoms with van der Waals surface area (Å²) in [5, 5.41) is 2.97. The first kappa shape index (κ1) is 12.6. The van der Waals surface area contributed by atoms with Crippen molar-refractivity contribution in [1.29, 1.82) is 0 Å². The number of esters is 1. The standard InChI is InChI=1S/C13H17FN2O3/c1-8-9(7-19-11(8)17)16-5-3-13(12(16)18)2-4-15-6-10(13)14/h10,15H,2-7H2,1H3/t10?,13-/m1/s1. The Kier molecular flexibility index (Phi) is 2.85. The van der Waals surface area contributed by atoms with Crippen molar-refractivity contribution in [2.75, 3.05) is 26.2 Å². The topological polar surface area (TPSA) is 58.6 Å². The van der Waals surface area contributed by atoms with Crippen LogP contribution in [0.15, 0.2) is 11.3 Å². The summed E-state index contributed by atoms with van der Waals surface area (Å²) in [5.41, 5.74) is 0.178. The molecule has 1 unspecified atom stereocenters. The first-order valence-corrected chi connectivity index (χ1v) is 6.60. The average Bonchev–Trinajstić information content (AvgIpc) is 2.88. The molecule has 3 heterocycles. The number of carbonyl (C=O) groups excluding carboxylic acids is 2. The predicted octanol–water partition coefficient (Wildman–Crippen LogP) is 0.367. The Hall–Kier alpha value is -1.43. The van der Waals surface area contributed by atoms with Crippen molar-refractivity contribution in [3.63, 3.8) is 0 Å². The monoisotopic (exact) mass is 268 g/mol. The van der Waals surface area contributed by atoms with Crippen molar-refractivity contribution in [2.45, 2.75) is 25.9 Å². The van der Waals surface area contributed by atoms with Crippen LogP contribution >= 0.6 is 0 Å². The Bertz CT molecular complexity index is 477. The summed E-state index contributed by atoms with van der Waals surface area (Å²) in [6.45, 7) is 3.14. The van der Waals surface area contributed by atoms with Crippen LogP contribution in [0.1, 0.15) is 19.8 Å². The second kappa shape index (κ2) is 4.30. The van der Waals surface area contributed by atoms with Crippen molar-refractivity contribution >= 4 is 11.9 Å². The van der Waals surface area contributed by atoms with Crippen LogP contribution in [0.5, 0.6) is 0 Å². The molecule has 104 valence electrons. The minimum absolute atomic E-state index is 0.127. The third kappa shape index (κ3) is 1.69. The molecule has 0 aromatic rings. The van der Waals surface area contributed by atoms with Gasteiger partial charge < -0.3 is 15.0 Å². The summed E-state index contributed by atoms with van der Waals surface area (Å²) in [6, 6.07) is 0. The maximum atomic E-state index is 14.2. The maximum Gasteiger partial charge on any atom is 0.336 e. The highest BCUT2D eigenvalue weighted by Gasteiger charge is 2.54. The highest BCUT2D eigenvalue weighted by atomic mass is 19.1. The van der Waals surface area contributed by atoms with E-state index in [-0.39, 0.29) is 25.0 Å². The number of likely N-dealkylation sites (tertiary alicyclic amines) is 1. The number of ether oxygens (including phenoxy) is 1. The van der Waals surface area contributed by atoms with Gasteiger partial charge in [-0.05, 0) is 26.3 Å². The van der Waals surface area contributed by atoms with Gasteiger partial charge in [-0.1, -0.05) is 0 Å². The van der Waals surface area contributed by atoms with Crippen molar-refractivity contribution < 1.29 is 18.7 Å². The lowest BCUT2D eigenvalue weighted by molar-refractivity contribution is -0.140. The molecule has 3 aliphatic rings. The van der Waals surface area contributed by atoms with Crippen LogP contribution < -0.4 is 5.32 Å². The summed E-state index contributed by atoms with van der Waals surface area (Å²) in [6.07, 6.45) is -0.123. The third-order valence-corrected chi connectivity index (χ3v) is 4.53. The minimum Gasteiger partial charge on any atom is -0.456 e. The van der Waals surface area contributed by atoms with Crippen molar-refractivity contribution in [3.05, 3.63) is 11.3 Å². The SMILES string of the molecule is CC1=C(N2CC[C@@]3(CCNCC3F)C2=O)COC1=O. The molecule has 0 radical (unpaired) electrons. The van der Waals surface area contributed by atoms with Gasteiger partial charge in [0.05, 0.1) is 16.7 Å². The first-order valence-electron chi connectivity index (χ1n) is 6.60. The van der Waals surface area contributed by atoms with Gasteiger partial charge in [0, 0.05) is 13.1 Å². The third-order valence-electron chi connectivity index (χ3n) is 4.53. The molecule has 5 nitrogen and oxygen atoms in total. The van der Waals surface area contributed by atoms with Gasteiger partial charge in [-0.15, -0.1) is 0 Å². The van der Waals surface area contributed by atoms with E-state index in [9.17, 15) is 14.0 Å². The van der Waals surface area contributed by atoms with Crippen LogP contribution in [0.25, 0.3) is 0 Å². The number of nitrogens with zero attached hydrogens (tertiary/aromatic N) is 1. The molecule has 3 aliphatic heterocycles. The normalized spacial score (nSPS) is 35.5. The summed E-state index contributed by atoms with van der Waals surface area (Å²) in [7, 11) is 0. The molecular weight excluding hydrogens is 251 g/mol. The van der Waals surface area contributed by atoms with Gasteiger partial charge in [-0.25, -0.2) is 9.18 Å². The smallest absolute Gasteiger partial charge is 0.336 e. The number of amides is 1. The minimum atomic E-state index is -1.15. The Balaban J connectivity index is 1.88. The summed E-state index contributed by atoms with van der Waals surface area (Å²) >= 11 is 0. The van der Waals surface area contributed by atoms with E-state index in [1.165, 1.54) is 0 Å². The molecule has 2 saturated heterocycles. The molecule has 1 N–H and O–H groups in total. The molecule has 0 bridgehead atoms. The zero-order valence-electron chi connectivity index (χ0n) is 10.9. The van der Waals surface area contributed by atoms with Gasteiger partial charge in [-0.3, -0.25) is 4.79 Å². The lowest BCUT2D eigenvalue weighted by atomic mass is 9.76. The van der Waals surface area contributed by atoms with Crippen LogP contribution in [0.2, 0.25) is 0 Å². The molecule has 2 atom stereocenters. The lowest BCUT2D eigenvalue weighted by Gasteiger charge is -2.35. The zero-order chi connectivity index (χ0) is 13.6. The van der Waals surface area contributed by atoms with Gasteiger partial charge >= 0.3 is 5.97 Å². The largest absolute Gasteiger partial charge is 0.456 e. The molecule has 2 fully saturated rings. The van der Waals surface area contributed by atoms with Crippen molar-refractivity contribution in [1.82, 2.24) is 10.2 Å². The molecule has 0 aromatic carbocycles. The fourth-order valence-corrected chi connectivity index (χ4v) is 3.21. The molecular formula is C13H17FN2O3. The van der Waals surface area contributed by atoms with Crippen molar-refractivity contribution in [3.8, 4) is 0 Å².